The van der Waals surface area contributed by atoms with Crippen LogP contribution >= 0.6 is 0 Å². The van der Waals surface area contributed by atoms with Gasteiger partial charge in [0.2, 0.25) is 5.91 Å². The maximum Gasteiger partial charge on any atom is 0.222 e. The third-order valence-electron chi connectivity index (χ3n) is 4.95. The Morgan fingerprint density at radius 2 is 2.19 bits per heavy atom. The summed E-state index contributed by atoms with van der Waals surface area (Å²) in [5.41, 5.74) is 10.4. The predicted octanol–water partition coefficient (Wildman–Crippen LogP) is 2.91. The number of carbonyl (C=O) groups is 1. The molecule has 2 aromatic rings. The maximum absolute atomic E-state index is 12.4. The zero-order chi connectivity index (χ0) is 19.8. The van der Waals surface area contributed by atoms with Crippen molar-refractivity contribution in [2.24, 2.45) is 0 Å². The maximum atomic E-state index is 12.4. The second-order valence-corrected chi connectivity index (χ2v) is 8.02. The molecular formula is C20H26N6O. The molecule has 0 fully saturated rings. The molecule has 0 aromatic carbocycles. The number of anilines is 1. The Hall–Kier alpha value is -2.88. The molecule has 1 aliphatic rings. The molecule has 3 heterocycles. The van der Waals surface area contributed by atoms with Crippen LogP contribution in [0.1, 0.15) is 63.1 Å². The number of aromatic nitrogens is 3. The van der Waals surface area contributed by atoms with Crippen molar-refractivity contribution in [1.82, 2.24) is 20.1 Å². The Kier molecular flexibility index (Phi) is 4.92. The summed E-state index contributed by atoms with van der Waals surface area (Å²) in [5, 5.41) is 17.2. The number of carbonyl (C=O) groups excluding carboxylic acids is 1. The van der Waals surface area contributed by atoms with Crippen molar-refractivity contribution in [3.05, 3.63) is 28.6 Å². The highest BCUT2D eigenvalue weighted by Crippen LogP contribution is 2.35. The van der Waals surface area contributed by atoms with Gasteiger partial charge in [0, 0.05) is 48.2 Å². The highest BCUT2D eigenvalue weighted by molar-refractivity contribution is 5.80. The number of fused-ring (bicyclic) bond motifs is 1. The number of nitriles is 1. The van der Waals surface area contributed by atoms with Crippen molar-refractivity contribution in [2.75, 3.05) is 12.3 Å². The lowest BCUT2D eigenvalue weighted by Gasteiger charge is -2.30. The number of nitrogens with zero attached hydrogens (tertiary/aromatic N) is 4. The van der Waals surface area contributed by atoms with E-state index in [9.17, 15) is 10.1 Å². The second kappa shape index (κ2) is 7.03. The molecule has 2 aromatic heterocycles. The zero-order valence-corrected chi connectivity index (χ0v) is 16.4. The summed E-state index contributed by atoms with van der Waals surface area (Å²) in [6.45, 7) is 9.33. The quantitative estimate of drug-likeness (QED) is 0.867. The van der Waals surface area contributed by atoms with Gasteiger partial charge < -0.3 is 10.6 Å². The Labute approximate surface area is 159 Å². The summed E-state index contributed by atoms with van der Waals surface area (Å²) in [6.07, 6.45) is 1.96. The molecule has 0 saturated heterocycles. The van der Waals surface area contributed by atoms with Gasteiger partial charge in [0.25, 0.3) is 0 Å². The number of rotatable bonds is 3. The van der Waals surface area contributed by atoms with Crippen LogP contribution in [-0.2, 0) is 23.2 Å². The SMILES string of the molecule is CCCC(=O)N1CCc2nc(N)c(C#N)c(-c3cc(C(C)(C)C)[nH]n3)c2C1. The van der Waals surface area contributed by atoms with Crippen molar-refractivity contribution in [2.45, 2.75) is 58.9 Å². The van der Waals surface area contributed by atoms with Crippen LogP contribution in [0.15, 0.2) is 6.07 Å². The van der Waals surface area contributed by atoms with E-state index < -0.39 is 0 Å². The molecule has 0 atom stereocenters. The molecular weight excluding hydrogens is 340 g/mol. The summed E-state index contributed by atoms with van der Waals surface area (Å²) in [5.74, 6) is 0.349. The van der Waals surface area contributed by atoms with E-state index in [-0.39, 0.29) is 17.1 Å². The fraction of sp³-hybridized carbons (Fsp3) is 0.500. The summed E-state index contributed by atoms with van der Waals surface area (Å²) in [7, 11) is 0. The molecule has 0 saturated carbocycles. The lowest BCUT2D eigenvalue weighted by atomic mass is 9.90. The minimum Gasteiger partial charge on any atom is -0.383 e. The van der Waals surface area contributed by atoms with Gasteiger partial charge in [0.1, 0.15) is 17.5 Å². The summed E-state index contributed by atoms with van der Waals surface area (Å²) in [6, 6.07) is 4.15. The van der Waals surface area contributed by atoms with Crippen LogP contribution in [0, 0.1) is 11.3 Å². The number of pyridine rings is 1. The fourth-order valence-corrected chi connectivity index (χ4v) is 3.39. The standard InChI is InChI=1S/C20H26N6O/c1-5-6-17(27)26-8-7-14-13(11-26)18(12(10-21)19(22)23-14)15-9-16(25-24-15)20(2,3)4/h9H,5-8,11H2,1-4H3,(H2,22,23)(H,24,25). The van der Waals surface area contributed by atoms with Crippen molar-refractivity contribution < 1.29 is 4.79 Å². The smallest absolute Gasteiger partial charge is 0.222 e. The molecule has 1 aliphatic heterocycles. The third-order valence-corrected chi connectivity index (χ3v) is 4.95. The van der Waals surface area contributed by atoms with E-state index >= 15 is 0 Å². The molecule has 0 spiro atoms. The molecule has 27 heavy (non-hydrogen) atoms. The lowest BCUT2D eigenvalue weighted by Crippen LogP contribution is -2.36. The fourth-order valence-electron chi connectivity index (χ4n) is 3.39. The Bertz CT molecular complexity index is 916. The van der Waals surface area contributed by atoms with Crippen molar-refractivity contribution >= 4 is 11.7 Å². The van der Waals surface area contributed by atoms with Crippen LogP contribution in [0.25, 0.3) is 11.3 Å². The van der Waals surface area contributed by atoms with Crippen molar-refractivity contribution in [3.8, 4) is 17.3 Å². The van der Waals surface area contributed by atoms with Crippen molar-refractivity contribution in [1.29, 1.82) is 5.26 Å². The van der Waals surface area contributed by atoms with Crippen LogP contribution in [-0.4, -0.2) is 32.5 Å². The topological polar surface area (TPSA) is 112 Å². The minimum atomic E-state index is -0.0974. The molecule has 3 rings (SSSR count). The van der Waals surface area contributed by atoms with E-state index in [1.807, 2.05) is 17.9 Å². The Balaban J connectivity index is 2.13. The first kappa shape index (κ1) is 18.9. The van der Waals surface area contributed by atoms with Gasteiger partial charge in [0.15, 0.2) is 0 Å². The Morgan fingerprint density at radius 1 is 1.44 bits per heavy atom. The highest BCUT2D eigenvalue weighted by atomic mass is 16.2. The van der Waals surface area contributed by atoms with E-state index in [0.717, 1.165) is 23.4 Å². The minimum absolute atomic E-state index is 0.0974. The molecule has 7 nitrogen and oxygen atoms in total. The number of amides is 1. The third kappa shape index (κ3) is 3.52. The number of nitrogen functional groups attached to an aromatic ring is 1. The second-order valence-electron chi connectivity index (χ2n) is 8.02. The summed E-state index contributed by atoms with van der Waals surface area (Å²) >= 11 is 0. The van der Waals surface area contributed by atoms with Gasteiger partial charge in [-0.15, -0.1) is 0 Å². The van der Waals surface area contributed by atoms with Gasteiger partial charge in [-0.1, -0.05) is 27.7 Å². The predicted molar refractivity (Wildman–Crippen MR) is 104 cm³/mol. The van der Waals surface area contributed by atoms with Gasteiger partial charge in [-0.3, -0.25) is 9.89 Å². The number of H-pyrrole nitrogens is 1. The van der Waals surface area contributed by atoms with Gasteiger partial charge in [-0.2, -0.15) is 10.4 Å². The number of nitrogens with two attached hydrogens (primary N) is 1. The average molecular weight is 366 g/mol. The summed E-state index contributed by atoms with van der Waals surface area (Å²) < 4.78 is 0. The number of hydrogen-bond acceptors (Lipinski definition) is 5. The zero-order valence-electron chi connectivity index (χ0n) is 16.4. The van der Waals surface area contributed by atoms with Crippen LogP contribution < -0.4 is 5.73 Å². The van der Waals surface area contributed by atoms with Gasteiger partial charge in [0.05, 0.1) is 11.4 Å². The lowest BCUT2D eigenvalue weighted by molar-refractivity contribution is -0.132. The van der Waals surface area contributed by atoms with E-state index in [4.69, 9.17) is 5.73 Å². The largest absolute Gasteiger partial charge is 0.383 e. The first-order valence-electron chi connectivity index (χ1n) is 9.31. The van der Waals surface area contributed by atoms with E-state index in [0.29, 0.717) is 42.8 Å². The molecule has 0 unspecified atom stereocenters. The molecule has 7 heteroatoms. The highest BCUT2D eigenvalue weighted by Gasteiger charge is 2.29. The van der Waals surface area contributed by atoms with Crippen LogP contribution in [0.2, 0.25) is 0 Å². The van der Waals surface area contributed by atoms with Crippen LogP contribution in [0.4, 0.5) is 5.82 Å². The van der Waals surface area contributed by atoms with E-state index in [2.05, 4.69) is 42.0 Å². The van der Waals surface area contributed by atoms with E-state index in [1.165, 1.54) is 0 Å². The average Bonchev–Trinajstić information content (AvgIpc) is 3.10. The summed E-state index contributed by atoms with van der Waals surface area (Å²) in [4.78, 5) is 18.7. The van der Waals surface area contributed by atoms with E-state index in [1.54, 1.807) is 0 Å². The van der Waals surface area contributed by atoms with Crippen LogP contribution in [0.3, 0.4) is 0 Å². The van der Waals surface area contributed by atoms with Gasteiger partial charge >= 0.3 is 0 Å². The molecule has 0 aliphatic carbocycles. The normalized spacial score (nSPS) is 14.0. The Morgan fingerprint density at radius 3 is 2.78 bits per heavy atom. The molecule has 0 radical (unpaired) electrons. The monoisotopic (exact) mass is 366 g/mol. The van der Waals surface area contributed by atoms with Crippen LogP contribution in [0.5, 0.6) is 0 Å². The molecule has 3 N–H and O–H groups in total. The number of aromatic amines is 1. The molecule has 142 valence electrons. The first-order chi connectivity index (χ1) is 12.8. The number of nitrogens with one attached hydrogen (secondary N) is 1. The number of hydrogen-bond donors (Lipinski definition) is 2. The van der Waals surface area contributed by atoms with Gasteiger partial charge in [-0.05, 0) is 12.5 Å². The first-order valence-corrected chi connectivity index (χ1v) is 9.31. The molecule has 1 amide bonds. The van der Waals surface area contributed by atoms with Crippen molar-refractivity contribution in [3.63, 3.8) is 0 Å². The molecule has 0 bridgehead atoms. The van der Waals surface area contributed by atoms with Gasteiger partial charge in [-0.25, -0.2) is 4.98 Å².